The van der Waals surface area contributed by atoms with Gasteiger partial charge in [-0.1, -0.05) is 17.6 Å². The van der Waals surface area contributed by atoms with Gasteiger partial charge in [-0.2, -0.15) is 0 Å². The number of hydrogen-bond donors (Lipinski definition) is 6. The minimum absolute atomic E-state index is 0. The van der Waals surface area contributed by atoms with Crippen LogP contribution in [0.15, 0.2) is 33.5 Å². The van der Waals surface area contributed by atoms with E-state index in [2.05, 4.69) is 0 Å². The molecule has 0 radical (unpaired) electrons. The van der Waals surface area contributed by atoms with Crippen LogP contribution in [0.5, 0.6) is 34.5 Å². The summed E-state index contributed by atoms with van der Waals surface area (Å²) in [6.45, 7) is 0. The Bertz CT molecular complexity index is 1370. The number of rotatable bonds is 4. The summed E-state index contributed by atoms with van der Waals surface area (Å²) >= 11 is 0. The number of phenolic OH excluding ortho intramolecular Hbond substituents is 2. The third-order valence-electron chi connectivity index (χ3n) is 5.25. The minimum Gasteiger partial charge on any atom is -0.873 e. The van der Waals surface area contributed by atoms with E-state index < -0.39 is 98.9 Å². The molecule has 17 heteroatoms. The van der Waals surface area contributed by atoms with Gasteiger partial charge in [0.2, 0.25) is 17.5 Å². The number of aromatic hydroxyl groups is 2. The van der Waals surface area contributed by atoms with Gasteiger partial charge in [-0.05, 0) is 12.1 Å². The number of aliphatic hydroxyl groups is 3. The third kappa shape index (κ3) is 5.65. The maximum Gasteiger partial charge on any atom is 3.00 e. The molecule has 0 bridgehead atoms. The van der Waals surface area contributed by atoms with Gasteiger partial charge >= 0.3 is 23.3 Å². The van der Waals surface area contributed by atoms with Crippen LogP contribution in [0.3, 0.4) is 0 Å². The molecular weight excluding hydrogens is 574 g/mol. The summed E-state index contributed by atoms with van der Waals surface area (Å²) in [6.07, 6.45) is -10.5. The average Bonchev–Trinajstić information content (AvgIpc) is 2.77. The smallest absolute Gasteiger partial charge is 0.873 e. The first kappa shape index (κ1) is 32.9. The predicted molar refractivity (Wildman–Crippen MR) is 125 cm³/mol. The quantitative estimate of drug-likeness (QED) is 0.177. The van der Waals surface area contributed by atoms with E-state index in [1.54, 1.807) is 0 Å². The fourth-order valence-corrected chi connectivity index (χ4v) is 3.53. The van der Waals surface area contributed by atoms with E-state index in [0.29, 0.717) is 12.1 Å². The second-order valence-corrected chi connectivity index (χ2v) is 7.58. The molecule has 2 aromatic carbocycles. The molecule has 2 heterocycles. The van der Waals surface area contributed by atoms with Gasteiger partial charge in [0, 0.05) is 11.6 Å². The SMILES string of the molecule is Cl.Cl.O=C(O)[C@H]1O[C@@H](Oc2c(-c3cc([O-])c([O-])c(O)c3)oc3cc(O)cc([O-])c3c2=O)[C@H](O)[C@@H](O)[C@@H]1O.[Al+3]. The van der Waals surface area contributed by atoms with Crippen molar-refractivity contribution in [1.29, 1.82) is 0 Å². The molecule has 0 spiro atoms. The van der Waals surface area contributed by atoms with Crippen molar-refractivity contribution in [3.63, 3.8) is 0 Å². The fourth-order valence-electron chi connectivity index (χ4n) is 3.53. The van der Waals surface area contributed by atoms with Crippen molar-refractivity contribution in [2.75, 3.05) is 0 Å². The van der Waals surface area contributed by atoms with Crippen LogP contribution in [0.2, 0.25) is 0 Å². The Balaban J connectivity index is 0.00000241. The van der Waals surface area contributed by atoms with E-state index in [4.69, 9.17) is 13.9 Å². The zero-order chi connectivity index (χ0) is 25.8. The number of carboxylic acids is 1. The molecule has 0 aliphatic carbocycles. The zero-order valence-corrected chi connectivity index (χ0v) is 21.3. The molecule has 1 fully saturated rings. The number of fused-ring (bicyclic) bond motifs is 1. The van der Waals surface area contributed by atoms with E-state index in [0.717, 1.165) is 12.1 Å². The maximum atomic E-state index is 13.2. The van der Waals surface area contributed by atoms with Crippen LogP contribution in [0.1, 0.15) is 0 Å². The Morgan fingerprint density at radius 3 is 2.13 bits per heavy atom. The summed E-state index contributed by atoms with van der Waals surface area (Å²) < 4.78 is 15.8. The summed E-state index contributed by atoms with van der Waals surface area (Å²) in [6, 6.07) is 2.97. The molecule has 38 heavy (non-hydrogen) atoms. The van der Waals surface area contributed by atoms with Crippen LogP contribution in [-0.4, -0.2) is 84.7 Å². The number of hydrogen-bond acceptors (Lipinski definition) is 13. The van der Waals surface area contributed by atoms with Gasteiger partial charge < -0.3 is 59.8 Å². The number of phenols is 2. The number of halogens is 2. The number of carboxylic acid groups (broad SMARTS) is 1. The second-order valence-electron chi connectivity index (χ2n) is 7.58. The normalized spacial score (nSPS) is 22.4. The van der Waals surface area contributed by atoms with Crippen molar-refractivity contribution in [3.8, 4) is 45.8 Å². The predicted octanol–water partition coefficient (Wildman–Crippen LogP) is -2.17. The molecule has 0 amide bonds. The molecule has 1 saturated heterocycles. The fraction of sp³-hybridized carbons (Fsp3) is 0.238. The van der Waals surface area contributed by atoms with E-state index in [1.165, 1.54) is 0 Å². The molecule has 6 N–H and O–H groups in total. The first-order valence-corrected chi connectivity index (χ1v) is 9.72. The van der Waals surface area contributed by atoms with Crippen LogP contribution < -0.4 is 25.5 Å². The molecule has 0 saturated carbocycles. The van der Waals surface area contributed by atoms with Crippen molar-refractivity contribution >= 4 is 59.1 Å². The summed E-state index contributed by atoms with van der Waals surface area (Å²) in [5, 5.41) is 94.0. The van der Waals surface area contributed by atoms with Crippen LogP contribution in [0, 0.1) is 0 Å². The van der Waals surface area contributed by atoms with E-state index in [1.807, 2.05) is 0 Å². The molecule has 1 aromatic heterocycles. The van der Waals surface area contributed by atoms with Crippen LogP contribution in [0.4, 0.5) is 0 Å². The molecular formula is C21H17AlCl2O14. The molecule has 1 aliphatic heterocycles. The number of aliphatic carboxylic acids is 1. The Kier molecular flexibility index (Phi) is 10.5. The molecule has 0 unspecified atom stereocenters. The zero-order valence-electron chi connectivity index (χ0n) is 18.5. The van der Waals surface area contributed by atoms with Crippen molar-refractivity contribution in [3.05, 3.63) is 34.5 Å². The van der Waals surface area contributed by atoms with Gasteiger partial charge in [0.05, 0.1) is 5.39 Å². The summed E-state index contributed by atoms with van der Waals surface area (Å²) in [7, 11) is 0. The van der Waals surface area contributed by atoms with Gasteiger partial charge in [0.1, 0.15) is 35.4 Å². The van der Waals surface area contributed by atoms with Crippen LogP contribution in [0.25, 0.3) is 22.3 Å². The topological polar surface area (TPSA) is 256 Å². The van der Waals surface area contributed by atoms with E-state index in [-0.39, 0.29) is 42.2 Å². The number of carbonyl (C=O) groups is 1. The standard InChI is InChI=1S/C21H18O14.Al.2ClH/c22-6-3-7(23)11-10(4-6)33-17(5-1-8(24)12(26)9(25)2-5)18(13(11)27)34-21-16(30)14(28)15(29)19(35-21)20(31)32;;;/h1-4,14-16,19,21-26,28-30H,(H,31,32);;2*1H/q;+3;;/p-3/t14-,15-,16+,19-,21+;;;/m0.../s1. The molecule has 3 aromatic rings. The van der Waals surface area contributed by atoms with Crippen molar-refractivity contribution in [2.24, 2.45) is 0 Å². The Hall–Kier alpha value is -3.13. The summed E-state index contributed by atoms with van der Waals surface area (Å²) in [5.74, 6) is -8.47. The first-order chi connectivity index (χ1) is 16.4. The molecule has 202 valence electrons. The maximum absolute atomic E-state index is 13.2. The van der Waals surface area contributed by atoms with Crippen molar-refractivity contribution in [1.82, 2.24) is 0 Å². The Morgan fingerprint density at radius 1 is 0.921 bits per heavy atom. The monoisotopic (exact) mass is 590 g/mol. The third-order valence-corrected chi connectivity index (χ3v) is 5.25. The Morgan fingerprint density at radius 2 is 1.55 bits per heavy atom. The average molecular weight is 591 g/mol. The largest absolute Gasteiger partial charge is 3.00 e. The minimum atomic E-state index is -2.11. The first-order valence-electron chi connectivity index (χ1n) is 9.72. The van der Waals surface area contributed by atoms with Crippen molar-refractivity contribution < 1.29 is 64.6 Å². The number of aliphatic hydroxyl groups excluding tert-OH is 3. The van der Waals surface area contributed by atoms with Crippen molar-refractivity contribution in [2.45, 2.75) is 30.7 Å². The molecule has 1 aliphatic rings. The summed E-state index contributed by atoms with van der Waals surface area (Å²) in [5.41, 5.74) is -2.12. The van der Waals surface area contributed by atoms with Gasteiger partial charge in [-0.3, -0.25) is 4.79 Å². The van der Waals surface area contributed by atoms with Gasteiger partial charge in [-0.25, -0.2) is 4.79 Å². The number of benzene rings is 2. The van der Waals surface area contributed by atoms with Gasteiger partial charge in [0.25, 0.3) is 0 Å². The van der Waals surface area contributed by atoms with Crippen LogP contribution in [-0.2, 0) is 9.53 Å². The second kappa shape index (κ2) is 12.2. The molecule has 14 nitrogen and oxygen atoms in total. The van der Waals surface area contributed by atoms with Crippen LogP contribution >= 0.6 is 24.8 Å². The van der Waals surface area contributed by atoms with E-state index in [9.17, 15) is 55.5 Å². The molecule has 4 rings (SSSR count). The van der Waals surface area contributed by atoms with Gasteiger partial charge in [0.15, 0.2) is 11.9 Å². The molecule has 5 atom stereocenters. The van der Waals surface area contributed by atoms with Gasteiger partial charge in [-0.15, -0.1) is 30.6 Å². The number of ether oxygens (including phenoxy) is 2. The summed E-state index contributed by atoms with van der Waals surface area (Å²) in [4.78, 5) is 24.6. The Labute approximate surface area is 234 Å². The van der Waals surface area contributed by atoms with E-state index >= 15 is 0 Å².